The molecule has 0 atom stereocenters. The van der Waals surface area contributed by atoms with Crippen LogP contribution in [0.5, 0.6) is 0 Å². The molecule has 0 saturated heterocycles. The number of allylic oxidation sites excluding steroid dienone is 2. The minimum absolute atomic E-state index is 0.246. The van der Waals surface area contributed by atoms with Gasteiger partial charge in [0, 0.05) is 5.57 Å². The standard InChI is InChI=1S/C12H19ClO/c13-12(14)11-9-7-5-3-1-2-4-6-8-10-11/h9H,1-8,10H2. The maximum atomic E-state index is 11.0. The number of carbonyl (C=O) groups is 1. The summed E-state index contributed by atoms with van der Waals surface area (Å²) in [5.41, 5.74) is 0.841. The molecular formula is C12H19ClO. The van der Waals surface area contributed by atoms with Gasteiger partial charge in [-0.25, -0.2) is 0 Å². The molecular weight excluding hydrogens is 196 g/mol. The highest BCUT2D eigenvalue weighted by Gasteiger charge is 2.06. The number of hydrogen-bond donors (Lipinski definition) is 0. The summed E-state index contributed by atoms with van der Waals surface area (Å²) < 4.78 is 0. The number of halogens is 1. The highest BCUT2D eigenvalue weighted by Crippen LogP contribution is 2.18. The van der Waals surface area contributed by atoms with Gasteiger partial charge in [-0.3, -0.25) is 4.79 Å². The predicted molar refractivity (Wildman–Crippen MR) is 60.5 cm³/mol. The van der Waals surface area contributed by atoms with E-state index in [1.165, 1.54) is 38.5 Å². The summed E-state index contributed by atoms with van der Waals surface area (Å²) in [6.07, 6.45) is 12.8. The number of rotatable bonds is 1. The Labute approximate surface area is 91.5 Å². The lowest BCUT2D eigenvalue weighted by atomic mass is 10.1. The van der Waals surface area contributed by atoms with Gasteiger partial charge in [0.15, 0.2) is 0 Å². The average Bonchev–Trinajstić information content (AvgIpc) is 2.21. The minimum Gasteiger partial charge on any atom is -0.276 e. The number of hydrogen-bond acceptors (Lipinski definition) is 1. The Hall–Kier alpha value is -0.300. The quantitative estimate of drug-likeness (QED) is 0.598. The summed E-state index contributed by atoms with van der Waals surface area (Å²) in [5, 5.41) is -0.246. The molecule has 0 N–H and O–H groups in total. The van der Waals surface area contributed by atoms with Gasteiger partial charge >= 0.3 is 0 Å². The highest BCUT2D eigenvalue weighted by molar-refractivity contribution is 6.67. The molecule has 0 aromatic heterocycles. The van der Waals surface area contributed by atoms with Crippen molar-refractivity contribution in [2.45, 2.75) is 57.8 Å². The van der Waals surface area contributed by atoms with E-state index in [1.54, 1.807) is 0 Å². The Morgan fingerprint density at radius 3 is 2.21 bits per heavy atom. The van der Waals surface area contributed by atoms with Crippen LogP contribution in [0.1, 0.15) is 57.8 Å². The average molecular weight is 215 g/mol. The van der Waals surface area contributed by atoms with Gasteiger partial charge in [0.25, 0.3) is 0 Å². The van der Waals surface area contributed by atoms with E-state index in [9.17, 15) is 4.79 Å². The van der Waals surface area contributed by atoms with Gasteiger partial charge in [-0.15, -0.1) is 0 Å². The molecule has 0 fully saturated rings. The van der Waals surface area contributed by atoms with Gasteiger partial charge in [0.2, 0.25) is 5.24 Å². The summed E-state index contributed by atoms with van der Waals surface area (Å²) >= 11 is 5.51. The van der Waals surface area contributed by atoms with E-state index in [0.717, 1.165) is 24.8 Å². The molecule has 0 unspecified atom stereocenters. The van der Waals surface area contributed by atoms with Crippen molar-refractivity contribution in [3.63, 3.8) is 0 Å². The van der Waals surface area contributed by atoms with Crippen LogP contribution in [-0.4, -0.2) is 5.24 Å². The molecule has 0 bridgehead atoms. The second-order valence-corrected chi connectivity index (χ2v) is 4.36. The SMILES string of the molecule is O=C(Cl)C1=CCCCCCCCCC1. The summed E-state index contributed by atoms with van der Waals surface area (Å²) in [6.45, 7) is 0. The molecule has 1 aliphatic carbocycles. The second-order valence-electron chi connectivity index (χ2n) is 4.02. The fourth-order valence-electron chi connectivity index (χ4n) is 1.90. The van der Waals surface area contributed by atoms with Crippen molar-refractivity contribution >= 4 is 16.8 Å². The Morgan fingerprint density at radius 2 is 1.57 bits per heavy atom. The lowest BCUT2D eigenvalue weighted by Gasteiger charge is -2.01. The van der Waals surface area contributed by atoms with Gasteiger partial charge in [-0.1, -0.05) is 38.2 Å². The van der Waals surface area contributed by atoms with Crippen LogP contribution in [0.3, 0.4) is 0 Å². The Kier molecular flexibility index (Phi) is 5.93. The van der Waals surface area contributed by atoms with Crippen molar-refractivity contribution in [3.8, 4) is 0 Å². The van der Waals surface area contributed by atoms with E-state index in [2.05, 4.69) is 0 Å². The molecule has 0 spiro atoms. The zero-order chi connectivity index (χ0) is 10.2. The van der Waals surface area contributed by atoms with Crippen LogP contribution >= 0.6 is 11.6 Å². The first-order chi connectivity index (χ1) is 6.80. The van der Waals surface area contributed by atoms with Crippen LogP contribution in [0.2, 0.25) is 0 Å². The third-order valence-corrected chi connectivity index (χ3v) is 3.04. The van der Waals surface area contributed by atoms with Crippen LogP contribution in [0.15, 0.2) is 11.6 Å². The predicted octanol–water partition coefficient (Wildman–Crippen LogP) is 4.20. The van der Waals surface area contributed by atoms with Gasteiger partial charge in [-0.2, -0.15) is 0 Å². The van der Waals surface area contributed by atoms with Crippen molar-refractivity contribution in [3.05, 3.63) is 11.6 Å². The van der Waals surface area contributed by atoms with Crippen LogP contribution in [0.4, 0.5) is 0 Å². The normalized spacial score (nSPS) is 20.8. The lowest BCUT2D eigenvalue weighted by Crippen LogP contribution is -1.94. The Balaban J connectivity index is 2.44. The molecule has 0 radical (unpaired) electrons. The van der Waals surface area contributed by atoms with E-state index in [0.29, 0.717) is 0 Å². The summed E-state index contributed by atoms with van der Waals surface area (Å²) in [4.78, 5) is 11.0. The molecule has 80 valence electrons. The molecule has 1 aliphatic rings. The Bertz CT molecular complexity index is 208. The van der Waals surface area contributed by atoms with E-state index >= 15 is 0 Å². The van der Waals surface area contributed by atoms with Gasteiger partial charge in [0.1, 0.15) is 0 Å². The largest absolute Gasteiger partial charge is 0.276 e. The maximum absolute atomic E-state index is 11.0. The minimum atomic E-state index is -0.246. The monoisotopic (exact) mass is 214 g/mol. The topological polar surface area (TPSA) is 17.1 Å². The molecule has 2 heteroatoms. The maximum Gasteiger partial charge on any atom is 0.248 e. The zero-order valence-corrected chi connectivity index (χ0v) is 9.48. The molecule has 0 heterocycles. The second kappa shape index (κ2) is 7.05. The summed E-state index contributed by atoms with van der Waals surface area (Å²) in [6, 6.07) is 0. The third kappa shape index (κ3) is 4.80. The molecule has 0 amide bonds. The van der Waals surface area contributed by atoms with Gasteiger partial charge in [0.05, 0.1) is 0 Å². The smallest absolute Gasteiger partial charge is 0.248 e. The van der Waals surface area contributed by atoms with Crippen LogP contribution in [-0.2, 0) is 4.79 Å². The molecule has 14 heavy (non-hydrogen) atoms. The van der Waals surface area contributed by atoms with Crippen LogP contribution in [0.25, 0.3) is 0 Å². The van der Waals surface area contributed by atoms with Crippen molar-refractivity contribution in [2.24, 2.45) is 0 Å². The van der Waals surface area contributed by atoms with Crippen molar-refractivity contribution in [2.75, 3.05) is 0 Å². The molecule has 0 aromatic rings. The Morgan fingerprint density at radius 1 is 1.00 bits per heavy atom. The molecule has 0 aromatic carbocycles. The fraction of sp³-hybridized carbons (Fsp3) is 0.750. The third-order valence-electron chi connectivity index (χ3n) is 2.79. The lowest BCUT2D eigenvalue weighted by molar-refractivity contribution is -0.108. The first-order valence-corrected chi connectivity index (χ1v) is 6.07. The van der Waals surface area contributed by atoms with Gasteiger partial charge < -0.3 is 0 Å². The van der Waals surface area contributed by atoms with Crippen LogP contribution < -0.4 is 0 Å². The molecule has 1 nitrogen and oxygen atoms in total. The fourth-order valence-corrected chi connectivity index (χ4v) is 2.07. The van der Waals surface area contributed by atoms with E-state index < -0.39 is 0 Å². The highest BCUT2D eigenvalue weighted by atomic mass is 35.5. The van der Waals surface area contributed by atoms with Crippen molar-refractivity contribution < 1.29 is 4.79 Å². The van der Waals surface area contributed by atoms with E-state index in [-0.39, 0.29) is 5.24 Å². The molecule has 0 saturated carbocycles. The van der Waals surface area contributed by atoms with Gasteiger partial charge in [-0.05, 0) is 37.3 Å². The summed E-state index contributed by atoms with van der Waals surface area (Å²) in [7, 11) is 0. The van der Waals surface area contributed by atoms with Crippen LogP contribution in [0, 0.1) is 0 Å². The summed E-state index contributed by atoms with van der Waals surface area (Å²) in [5.74, 6) is 0. The number of carbonyl (C=O) groups excluding carboxylic acids is 1. The zero-order valence-electron chi connectivity index (χ0n) is 8.73. The first-order valence-electron chi connectivity index (χ1n) is 5.69. The molecule has 1 rings (SSSR count). The molecule has 0 aliphatic heterocycles. The van der Waals surface area contributed by atoms with Crippen molar-refractivity contribution in [1.29, 1.82) is 0 Å². The first kappa shape index (κ1) is 11.8. The van der Waals surface area contributed by atoms with E-state index in [4.69, 9.17) is 11.6 Å². The van der Waals surface area contributed by atoms with E-state index in [1.807, 2.05) is 6.08 Å². The van der Waals surface area contributed by atoms with Crippen molar-refractivity contribution in [1.82, 2.24) is 0 Å².